The van der Waals surface area contributed by atoms with Crippen molar-refractivity contribution in [3.05, 3.63) is 23.2 Å². The largest absolute Gasteiger partial charge is 0.302 e. The zero-order valence-corrected chi connectivity index (χ0v) is 12.2. The van der Waals surface area contributed by atoms with Gasteiger partial charge in [-0.3, -0.25) is 0 Å². The normalized spacial score (nSPS) is 12.1. The molecule has 2 aromatic heterocycles. The Balaban J connectivity index is 2.20. The van der Waals surface area contributed by atoms with Crippen LogP contribution in [-0.4, -0.2) is 40.5 Å². The molecule has 0 amide bonds. The number of hydrogen-bond acceptors (Lipinski definition) is 5. The Kier molecular flexibility index (Phi) is 3.74. The summed E-state index contributed by atoms with van der Waals surface area (Å²) in [5.41, 5.74) is 0.742. The van der Waals surface area contributed by atoms with Crippen molar-refractivity contribution in [3.63, 3.8) is 0 Å². The van der Waals surface area contributed by atoms with Crippen LogP contribution >= 0.6 is 27.7 Å². The number of aromatic nitrogens is 3. The Morgan fingerprint density at radius 1 is 1.53 bits per heavy atom. The SMILES string of the molecule is CS(=O)(=O)CCSc1nc(Br)cn2ccnc12. The Hall–Kier alpha value is -0.600. The first kappa shape index (κ1) is 12.8. The lowest BCUT2D eigenvalue weighted by Gasteiger charge is -2.03. The van der Waals surface area contributed by atoms with E-state index < -0.39 is 9.84 Å². The molecule has 17 heavy (non-hydrogen) atoms. The molecule has 0 aliphatic rings. The van der Waals surface area contributed by atoms with Crippen LogP contribution in [-0.2, 0) is 9.84 Å². The van der Waals surface area contributed by atoms with Gasteiger partial charge in [0.1, 0.15) is 19.5 Å². The molecule has 5 nitrogen and oxygen atoms in total. The Morgan fingerprint density at radius 2 is 2.29 bits per heavy atom. The van der Waals surface area contributed by atoms with E-state index in [2.05, 4.69) is 25.9 Å². The molecule has 0 aliphatic carbocycles. The van der Waals surface area contributed by atoms with Crippen LogP contribution in [0, 0.1) is 0 Å². The molecular formula is C9H10BrN3O2S2. The second kappa shape index (κ2) is 4.95. The van der Waals surface area contributed by atoms with E-state index in [9.17, 15) is 8.42 Å². The maximum absolute atomic E-state index is 11.0. The molecule has 0 saturated carbocycles. The number of rotatable bonds is 4. The summed E-state index contributed by atoms with van der Waals surface area (Å²) in [6.07, 6.45) is 6.54. The van der Waals surface area contributed by atoms with Crippen molar-refractivity contribution in [3.8, 4) is 0 Å². The lowest BCUT2D eigenvalue weighted by Crippen LogP contribution is -2.05. The maximum Gasteiger partial charge on any atom is 0.169 e. The van der Waals surface area contributed by atoms with Crippen LogP contribution in [0.2, 0.25) is 0 Å². The van der Waals surface area contributed by atoms with Crippen LogP contribution in [0.3, 0.4) is 0 Å². The molecule has 0 spiro atoms. The van der Waals surface area contributed by atoms with E-state index in [0.29, 0.717) is 10.4 Å². The van der Waals surface area contributed by atoms with E-state index in [4.69, 9.17) is 0 Å². The lowest BCUT2D eigenvalue weighted by molar-refractivity contribution is 0.603. The Labute approximate surface area is 112 Å². The quantitative estimate of drug-likeness (QED) is 0.794. The van der Waals surface area contributed by atoms with Crippen LogP contribution < -0.4 is 0 Å². The van der Waals surface area contributed by atoms with Gasteiger partial charge >= 0.3 is 0 Å². The zero-order chi connectivity index (χ0) is 12.5. The first-order valence-corrected chi connectivity index (χ1v) is 8.59. The van der Waals surface area contributed by atoms with E-state index in [0.717, 1.165) is 10.7 Å². The van der Waals surface area contributed by atoms with Crippen molar-refractivity contribution in [2.75, 3.05) is 17.8 Å². The molecule has 0 atom stereocenters. The lowest BCUT2D eigenvalue weighted by atomic mass is 10.7. The van der Waals surface area contributed by atoms with Crippen LogP contribution in [0.4, 0.5) is 0 Å². The number of nitrogens with zero attached hydrogens (tertiary/aromatic N) is 3. The van der Waals surface area contributed by atoms with E-state index in [-0.39, 0.29) is 5.75 Å². The number of fused-ring (bicyclic) bond motifs is 1. The molecule has 8 heteroatoms. The summed E-state index contributed by atoms with van der Waals surface area (Å²) in [6.45, 7) is 0. The predicted molar refractivity (Wildman–Crippen MR) is 71.1 cm³/mol. The van der Waals surface area contributed by atoms with Gasteiger partial charge in [0.2, 0.25) is 0 Å². The molecule has 0 unspecified atom stereocenters. The van der Waals surface area contributed by atoms with Crippen molar-refractivity contribution < 1.29 is 8.42 Å². The third-order valence-corrected chi connectivity index (χ3v) is 4.55. The fraction of sp³-hybridized carbons (Fsp3) is 0.333. The van der Waals surface area contributed by atoms with Crippen LogP contribution in [0.5, 0.6) is 0 Å². The van der Waals surface area contributed by atoms with Crippen LogP contribution in [0.15, 0.2) is 28.2 Å². The van der Waals surface area contributed by atoms with Crippen LogP contribution in [0.1, 0.15) is 0 Å². The van der Waals surface area contributed by atoms with Gasteiger partial charge in [-0.05, 0) is 15.9 Å². The van der Waals surface area contributed by atoms with Gasteiger partial charge in [-0.1, -0.05) is 0 Å². The molecule has 0 aliphatic heterocycles. The molecule has 2 heterocycles. The molecule has 0 N–H and O–H groups in total. The third kappa shape index (κ3) is 3.43. The predicted octanol–water partition coefficient (Wildman–Crippen LogP) is 1.63. The van der Waals surface area contributed by atoms with Gasteiger partial charge in [0.05, 0.1) is 5.75 Å². The minimum atomic E-state index is -2.93. The summed E-state index contributed by atoms with van der Waals surface area (Å²) in [7, 11) is -2.93. The highest BCUT2D eigenvalue weighted by molar-refractivity contribution is 9.10. The highest BCUT2D eigenvalue weighted by Gasteiger charge is 2.09. The molecule has 0 fully saturated rings. The summed E-state index contributed by atoms with van der Waals surface area (Å²) in [4.78, 5) is 8.48. The monoisotopic (exact) mass is 335 g/mol. The second-order valence-corrected chi connectivity index (χ2v) is 7.66. The van der Waals surface area contributed by atoms with Gasteiger partial charge in [-0.15, -0.1) is 11.8 Å². The number of hydrogen-bond donors (Lipinski definition) is 0. The molecule has 92 valence electrons. The van der Waals surface area contributed by atoms with E-state index in [1.807, 2.05) is 16.8 Å². The minimum absolute atomic E-state index is 0.138. The molecule has 0 radical (unpaired) electrons. The van der Waals surface area contributed by atoms with E-state index in [1.165, 1.54) is 18.0 Å². The molecular weight excluding hydrogens is 326 g/mol. The average molecular weight is 336 g/mol. The summed E-state index contributed by atoms with van der Waals surface area (Å²) in [5.74, 6) is 0.615. The van der Waals surface area contributed by atoms with Crippen molar-refractivity contribution in [1.29, 1.82) is 0 Å². The van der Waals surface area contributed by atoms with Gasteiger partial charge in [0, 0.05) is 30.6 Å². The number of halogens is 1. The highest BCUT2D eigenvalue weighted by Crippen LogP contribution is 2.22. The van der Waals surface area contributed by atoms with Crippen molar-refractivity contribution in [2.45, 2.75) is 5.03 Å². The van der Waals surface area contributed by atoms with Crippen molar-refractivity contribution in [1.82, 2.24) is 14.4 Å². The van der Waals surface area contributed by atoms with Gasteiger partial charge in [-0.2, -0.15) is 0 Å². The minimum Gasteiger partial charge on any atom is -0.302 e. The fourth-order valence-corrected chi connectivity index (χ4v) is 3.96. The average Bonchev–Trinajstić information content (AvgIpc) is 2.63. The van der Waals surface area contributed by atoms with E-state index >= 15 is 0 Å². The summed E-state index contributed by atoms with van der Waals surface area (Å²) < 4.78 is 24.6. The van der Waals surface area contributed by atoms with E-state index in [1.54, 1.807) is 6.20 Å². The van der Waals surface area contributed by atoms with Crippen molar-refractivity contribution in [2.24, 2.45) is 0 Å². The molecule has 0 saturated heterocycles. The molecule has 2 rings (SSSR count). The number of thioether (sulfide) groups is 1. The molecule has 0 aromatic carbocycles. The Morgan fingerprint density at radius 3 is 3.00 bits per heavy atom. The summed E-state index contributed by atoms with van der Waals surface area (Å²) in [5, 5.41) is 0.730. The first-order chi connectivity index (χ1) is 7.96. The number of imidazole rings is 1. The van der Waals surface area contributed by atoms with Gasteiger partial charge in [0.15, 0.2) is 5.65 Å². The highest BCUT2D eigenvalue weighted by atomic mass is 79.9. The molecule has 0 bridgehead atoms. The Bertz CT molecular complexity index is 639. The van der Waals surface area contributed by atoms with Crippen molar-refractivity contribution >= 4 is 43.2 Å². The summed E-state index contributed by atoms with van der Waals surface area (Å²) >= 11 is 4.70. The van der Waals surface area contributed by atoms with Gasteiger partial charge in [-0.25, -0.2) is 18.4 Å². The zero-order valence-electron chi connectivity index (χ0n) is 9.00. The van der Waals surface area contributed by atoms with Crippen LogP contribution in [0.25, 0.3) is 5.65 Å². The summed E-state index contributed by atoms with van der Waals surface area (Å²) in [6, 6.07) is 0. The first-order valence-electron chi connectivity index (χ1n) is 4.75. The topological polar surface area (TPSA) is 64.3 Å². The number of sulfone groups is 1. The third-order valence-electron chi connectivity index (χ3n) is 2.01. The smallest absolute Gasteiger partial charge is 0.169 e. The van der Waals surface area contributed by atoms with Gasteiger partial charge < -0.3 is 4.40 Å². The standard InChI is InChI=1S/C9H10BrN3O2S2/c1-17(14,15)5-4-16-9-8-11-2-3-13(8)6-7(10)12-9/h2-3,6H,4-5H2,1H3. The maximum atomic E-state index is 11.0. The molecule has 2 aromatic rings. The fourth-order valence-electron chi connectivity index (χ4n) is 1.26. The second-order valence-electron chi connectivity index (χ2n) is 3.51. The van der Waals surface area contributed by atoms with Gasteiger partial charge in [0.25, 0.3) is 0 Å².